The van der Waals surface area contributed by atoms with E-state index in [1.165, 1.54) is 0 Å². The van der Waals surface area contributed by atoms with E-state index in [-0.39, 0.29) is 11.9 Å². The molecular formula is C21H27N3O3. The summed E-state index contributed by atoms with van der Waals surface area (Å²) < 4.78 is 11.2. The molecule has 3 rings (SSSR count). The van der Waals surface area contributed by atoms with Crippen LogP contribution in [0.3, 0.4) is 0 Å². The highest BCUT2D eigenvalue weighted by molar-refractivity contribution is 5.83. The summed E-state index contributed by atoms with van der Waals surface area (Å²) in [5.41, 5.74) is 0.928. The third kappa shape index (κ3) is 5.52. The van der Waals surface area contributed by atoms with Crippen molar-refractivity contribution in [3.63, 3.8) is 0 Å². The molecule has 0 bridgehead atoms. The molecule has 1 aliphatic rings. The van der Waals surface area contributed by atoms with Crippen LogP contribution >= 0.6 is 0 Å². The summed E-state index contributed by atoms with van der Waals surface area (Å²) >= 11 is 0. The first-order valence-corrected chi connectivity index (χ1v) is 9.40. The molecule has 0 saturated carbocycles. The second kappa shape index (κ2) is 10.0. The molecule has 27 heavy (non-hydrogen) atoms. The van der Waals surface area contributed by atoms with Gasteiger partial charge in [-0.3, -0.25) is 14.7 Å². The number of hydrogen-bond acceptors (Lipinski definition) is 5. The maximum Gasteiger partial charge on any atom is 0.244 e. The van der Waals surface area contributed by atoms with Crippen LogP contribution in [0.5, 0.6) is 5.75 Å². The molecule has 0 N–H and O–H groups in total. The number of ether oxygens (including phenoxy) is 2. The zero-order valence-corrected chi connectivity index (χ0v) is 15.8. The largest absolute Gasteiger partial charge is 0.494 e. The zero-order chi connectivity index (χ0) is 18.9. The lowest BCUT2D eigenvalue weighted by Gasteiger charge is -2.35. The van der Waals surface area contributed by atoms with Crippen molar-refractivity contribution in [2.24, 2.45) is 0 Å². The first kappa shape index (κ1) is 19.3. The van der Waals surface area contributed by atoms with Crippen molar-refractivity contribution < 1.29 is 14.3 Å². The third-order valence-corrected chi connectivity index (χ3v) is 4.67. The van der Waals surface area contributed by atoms with Crippen LogP contribution in [-0.4, -0.2) is 67.2 Å². The summed E-state index contributed by atoms with van der Waals surface area (Å²) in [6.45, 7) is 4.02. The molecule has 2 aromatic rings. The fourth-order valence-corrected chi connectivity index (χ4v) is 3.21. The van der Waals surface area contributed by atoms with Crippen molar-refractivity contribution in [3.05, 3.63) is 60.4 Å². The van der Waals surface area contributed by atoms with Gasteiger partial charge in [-0.05, 0) is 30.2 Å². The zero-order valence-electron chi connectivity index (χ0n) is 15.8. The molecule has 2 heterocycles. The SMILES string of the molecule is CN(CCCOc1ccccc1)C(=O)[C@H](c1cccnc1)N1CCOCC1. The van der Waals surface area contributed by atoms with Crippen LogP contribution in [0.4, 0.5) is 0 Å². The molecule has 6 heteroatoms. The number of nitrogens with zero attached hydrogens (tertiary/aromatic N) is 3. The van der Waals surface area contributed by atoms with Crippen molar-refractivity contribution in [1.29, 1.82) is 0 Å². The number of rotatable bonds is 8. The Morgan fingerprint density at radius 2 is 2.00 bits per heavy atom. The van der Waals surface area contributed by atoms with Gasteiger partial charge in [-0.25, -0.2) is 0 Å². The summed E-state index contributed by atoms with van der Waals surface area (Å²) in [6, 6.07) is 13.3. The number of benzene rings is 1. The number of aromatic nitrogens is 1. The van der Waals surface area contributed by atoms with Gasteiger partial charge in [0.25, 0.3) is 0 Å². The van der Waals surface area contributed by atoms with Gasteiger partial charge in [-0.15, -0.1) is 0 Å². The summed E-state index contributed by atoms with van der Waals surface area (Å²) in [4.78, 5) is 21.4. The quantitative estimate of drug-likeness (QED) is 0.669. The van der Waals surface area contributed by atoms with Gasteiger partial charge in [0.15, 0.2) is 0 Å². The van der Waals surface area contributed by atoms with E-state index in [9.17, 15) is 4.79 Å². The number of pyridine rings is 1. The lowest BCUT2D eigenvalue weighted by molar-refractivity contribution is -0.138. The minimum atomic E-state index is -0.317. The lowest BCUT2D eigenvalue weighted by Crippen LogP contribution is -2.46. The number of carbonyl (C=O) groups excluding carboxylic acids is 1. The number of para-hydroxylation sites is 1. The van der Waals surface area contributed by atoms with E-state index >= 15 is 0 Å². The van der Waals surface area contributed by atoms with E-state index in [1.807, 2.05) is 49.5 Å². The highest BCUT2D eigenvalue weighted by Crippen LogP contribution is 2.23. The average molecular weight is 369 g/mol. The molecule has 1 aromatic heterocycles. The van der Waals surface area contributed by atoms with Crippen LogP contribution in [-0.2, 0) is 9.53 Å². The molecular weight excluding hydrogens is 342 g/mol. The Hall–Kier alpha value is -2.44. The van der Waals surface area contributed by atoms with Gasteiger partial charge in [0.2, 0.25) is 5.91 Å². The van der Waals surface area contributed by atoms with Gasteiger partial charge in [0, 0.05) is 39.1 Å². The smallest absolute Gasteiger partial charge is 0.244 e. The monoisotopic (exact) mass is 369 g/mol. The van der Waals surface area contributed by atoms with Crippen LogP contribution in [0.2, 0.25) is 0 Å². The van der Waals surface area contributed by atoms with E-state index in [2.05, 4.69) is 9.88 Å². The maximum atomic E-state index is 13.2. The number of amides is 1. The van der Waals surface area contributed by atoms with E-state index < -0.39 is 0 Å². The van der Waals surface area contributed by atoms with E-state index in [0.29, 0.717) is 26.4 Å². The number of likely N-dealkylation sites (N-methyl/N-ethyl adjacent to an activating group) is 1. The summed E-state index contributed by atoms with van der Waals surface area (Å²) in [5.74, 6) is 0.942. The van der Waals surface area contributed by atoms with E-state index in [0.717, 1.165) is 30.8 Å². The van der Waals surface area contributed by atoms with Crippen LogP contribution in [0.25, 0.3) is 0 Å². The van der Waals surface area contributed by atoms with Crippen LogP contribution in [0.15, 0.2) is 54.9 Å². The van der Waals surface area contributed by atoms with Gasteiger partial charge in [0.05, 0.1) is 19.8 Å². The minimum absolute atomic E-state index is 0.0876. The highest BCUT2D eigenvalue weighted by atomic mass is 16.5. The minimum Gasteiger partial charge on any atom is -0.494 e. The average Bonchev–Trinajstić information content (AvgIpc) is 2.73. The Labute approximate surface area is 160 Å². The molecule has 0 unspecified atom stereocenters. The van der Waals surface area contributed by atoms with Crippen molar-refractivity contribution in [2.75, 3.05) is 46.5 Å². The molecule has 0 radical (unpaired) electrons. The molecule has 1 atom stereocenters. The van der Waals surface area contributed by atoms with Crippen molar-refractivity contribution in [2.45, 2.75) is 12.5 Å². The Kier molecular flexibility index (Phi) is 7.19. The molecule has 1 saturated heterocycles. The number of morpholine rings is 1. The first-order valence-electron chi connectivity index (χ1n) is 9.40. The maximum absolute atomic E-state index is 13.2. The van der Waals surface area contributed by atoms with Gasteiger partial charge in [-0.2, -0.15) is 0 Å². The third-order valence-electron chi connectivity index (χ3n) is 4.67. The molecule has 1 aliphatic heterocycles. The molecule has 144 valence electrons. The van der Waals surface area contributed by atoms with Crippen LogP contribution < -0.4 is 4.74 Å². The number of hydrogen-bond donors (Lipinski definition) is 0. The van der Waals surface area contributed by atoms with Crippen LogP contribution in [0.1, 0.15) is 18.0 Å². The van der Waals surface area contributed by atoms with E-state index in [4.69, 9.17) is 9.47 Å². The highest BCUT2D eigenvalue weighted by Gasteiger charge is 2.31. The Bertz CT molecular complexity index is 690. The second-order valence-electron chi connectivity index (χ2n) is 6.61. The topological polar surface area (TPSA) is 54.9 Å². The predicted molar refractivity (Wildman–Crippen MR) is 104 cm³/mol. The normalized spacial score (nSPS) is 15.9. The molecule has 1 aromatic carbocycles. The fourth-order valence-electron chi connectivity index (χ4n) is 3.21. The Balaban J connectivity index is 1.57. The van der Waals surface area contributed by atoms with Gasteiger partial charge in [-0.1, -0.05) is 24.3 Å². The predicted octanol–water partition coefficient (Wildman–Crippen LogP) is 2.38. The molecule has 6 nitrogen and oxygen atoms in total. The van der Waals surface area contributed by atoms with Gasteiger partial charge >= 0.3 is 0 Å². The molecule has 1 fully saturated rings. The standard InChI is InChI=1S/C21H27N3O3/c1-23(11-6-14-27-19-8-3-2-4-9-19)21(25)20(18-7-5-10-22-17-18)24-12-15-26-16-13-24/h2-5,7-10,17,20H,6,11-16H2,1H3/t20-/m0/s1. The second-order valence-corrected chi connectivity index (χ2v) is 6.61. The van der Waals surface area contributed by atoms with Crippen molar-refractivity contribution in [1.82, 2.24) is 14.8 Å². The van der Waals surface area contributed by atoms with E-state index in [1.54, 1.807) is 17.3 Å². The fraction of sp³-hybridized carbons (Fsp3) is 0.429. The van der Waals surface area contributed by atoms with Gasteiger partial charge in [0.1, 0.15) is 11.8 Å². The summed E-state index contributed by atoms with van der Waals surface area (Å²) in [5, 5.41) is 0. The van der Waals surface area contributed by atoms with Gasteiger partial charge < -0.3 is 14.4 Å². The van der Waals surface area contributed by atoms with Crippen LogP contribution in [0, 0.1) is 0 Å². The summed E-state index contributed by atoms with van der Waals surface area (Å²) in [7, 11) is 1.86. The molecule has 0 spiro atoms. The molecule has 1 amide bonds. The Morgan fingerprint density at radius 3 is 2.70 bits per heavy atom. The Morgan fingerprint density at radius 1 is 1.22 bits per heavy atom. The number of carbonyl (C=O) groups is 1. The van der Waals surface area contributed by atoms with Crippen molar-refractivity contribution >= 4 is 5.91 Å². The van der Waals surface area contributed by atoms with Crippen molar-refractivity contribution in [3.8, 4) is 5.75 Å². The summed E-state index contributed by atoms with van der Waals surface area (Å²) in [6.07, 6.45) is 4.29. The lowest BCUT2D eigenvalue weighted by atomic mass is 10.1. The molecule has 0 aliphatic carbocycles. The first-order chi connectivity index (χ1) is 13.3.